The molecule has 39 heavy (non-hydrogen) atoms. The molecule has 1 aromatic carbocycles. The first-order valence-corrected chi connectivity index (χ1v) is 13.0. The lowest BCUT2D eigenvalue weighted by atomic mass is 9.85. The zero-order chi connectivity index (χ0) is 27.6. The van der Waals surface area contributed by atoms with E-state index in [9.17, 15) is 19.2 Å². The third-order valence-corrected chi connectivity index (χ3v) is 7.64. The minimum absolute atomic E-state index is 0.157. The third-order valence-electron chi connectivity index (χ3n) is 7.64. The van der Waals surface area contributed by atoms with Crippen molar-refractivity contribution in [1.29, 1.82) is 0 Å². The maximum absolute atomic E-state index is 13.7. The zero-order valence-electron chi connectivity index (χ0n) is 21.9. The highest BCUT2D eigenvalue weighted by Crippen LogP contribution is 2.48. The van der Waals surface area contributed by atoms with Crippen molar-refractivity contribution in [3.8, 4) is 0 Å². The molecule has 2 fully saturated rings. The smallest absolute Gasteiger partial charge is 0.411 e. The number of carbonyl (C=O) groups is 4. The molecule has 4 amide bonds. The van der Waals surface area contributed by atoms with Gasteiger partial charge in [-0.2, -0.15) is 0 Å². The van der Waals surface area contributed by atoms with Crippen LogP contribution in [0.2, 0.25) is 0 Å². The number of amides is 4. The number of allylic oxidation sites excluding steroid dienone is 3. The molecule has 3 atom stereocenters. The molecule has 10 heteroatoms. The van der Waals surface area contributed by atoms with E-state index in [1.807, 2.05) is 55.5 Å². The first-order chi connectivity index (χ1) is 18.8. The molecular weight excluding hydrogens is 498 g/mol. The van der Waals surface area contributed by atoms with Gasteiger partial charge in [0.1, 0.15) is 6.54 Å². The molecule has 1 saturated heterocycles. The van der Waals surface area contributed by atoms with Crippen LogP contribution in [0.25, 0.3) is 0 Å². The molecule has 2 heterocycles. The SMILES string of the molecule is CNC(=O)NC1=CC=C2C(CC[C@]23CN(CC(=O)N(Cc2ccccc2)C(C)c2ccccn2)C(=O)O3)C1=O. The maximum Gasteiger partial charge on any atom is 0.411 e. The lowest BCUT2D eigenvalue weighted by Gasteiger charge is -2.31. The second-order valence-electron chi connectivity index (χ2n) is 10.0. The summed E-state index contributed by atoms with van der Waals surface area (Å²) in [6.45, 7) is 2.30. The Morgan fingerprint density at radius 1 is 1.15 bits per heavy atom. The topological polar surface area (TPSA) is 121 Å². The van der Waals surface area contributed by atoms with Gasteiger partial charge in [-0.05, 0) is 49.1 Å². The van der Waals surface area contributed by atoms with Gasteiger partial charge < -0.3 is 20.3 Å². The van der Waals surface area contributed by atoms with Crippen molar-refractivity contribution in [2.75, 3.05) is 20.1 Å². The van der Waals surface area contributed by atoms with Crippen LogP contribution in [0.4, 0.5) is 9.59 Å². The van der Waals surface area contributed by atoms with E-state index < -0.39 is 23.6 Å². The van der Waals surface area contributed by atoms with E-state index in [1.54, 1.807) is 23.2 Å². The summed E-state index contributed by atoms with van der Waals surface area (Å²) in [5.41, 5.74) is 1.66. The van der Waals surface area contributed by atoms with Crippen molar-refractivity contribution in [2.24, 2.45) is 5.92 Å². The second kappa shape index (κ2) is 10.7. The molecule has 2 aromatic rings. The van der Waals surface area contributed by atoms with Crippen molar-refractivity contribution in [2.45, 2.75) is 38.0 Å². The molecule has 5 rings (SSSR count). The van der Waals surface area contributed by atoms with Crippen molar-refractivity contribution in [3.05, 3.63) is 89.4 Å². The number of ketones is 1. The van der Waals surface area contributed by atoms with E-state index in [4.69, 9.17) is 4.74 Å². The van der Waals surface area contributed by atoms with E-state index in [0.29, 0.717) is 25.0 Å². The fraction of sp³-hybridized carbons (Fsp3) is 0.345. The Labute approximate surface area is 226 Å². The van der Waals surface area contributed by atoms with Gasteiger partial charge in [0.15, 0.2) is 11.4 Å². The molecule has 0 radical (unpaired) electrons. The number of aromatic nitrogens is 1. The van der Waals surface area contributed by atoms with Crippen molar-refractivity contribution in [3.63, 3.8) is 0 Å². The number of nitrogens with zero attached hydrogens (tertiary/aromatic N) is 3. The van der Waals surface area contributed by atoms with Crippen LogP contribution in [0.3, 0.4) is 0 Å². The number of benzene rings is 1. The summed E-state index contributed by atoms with van der Waals surface area (Å²) >= 11 is 0. The normalized spacial score (nSPS) is 22.5. The molecule has 2 unspecified atom stereocenters. The summed E-state index contributed by atoms with van der Waals surface area (Å²) in [6, 6.07) is 14.5. The molecule has 10 nitrogen and oxygen atoms in total. The van der Waals surface area contributed by atoms with Crippen LogP contribution in [0.15, 0.2) is 78.1 Å². The van der Waals surface area contributed by atoms with Crippen LogP contribution < -0.4 is 10.6 Å². The molecule has 1 saturated carbocycles. The van der Waals surface area contributed by atoms with E-state index >= 15 is 0 Å². The number of fused-ring (bicyclic) bond motifs is 2. The average Bonchev–Trinajstić information content (AvgIpc) is 3.47. The number of urea groups is 1. The zero-order valence-corrected chi connectivity index (χ0v) is 21.9. The highest BCUT2D eigenvalue weighted by Gasteiger charge is 2.56. The number of hydrogen-bond acceptors (Lipinski definition) is 6. The Morgan fingerprint density at radius 2 is 1.92 bits per heavy atom. The highest BCUT2D eigenvalue weighted by atomic mass is 16.6. The number of hydrogen-bond donors (Lipinski definition) is 2. The first kappa shape index (κ1) is 26.1. The van der Waals surface area contributed by atoms with Crippen molar-refractivity contribution < 1.29 is 23.9 Å². The van der Waals surface area contributed by atoms with E-state index in [1.165, 1.54) is 11.9 Å². The second-order valence-corrected chi connectivity index (χ2v) is 10.0. The first-order valence-electron chi connectivity index (χ1n) is 13.0. The monoisotopic (exact) mass is 529 g/mol. The largest absolute Gasteiger partial charge is 0.436 e. The fourth-order valence-corrected chi connectivity index (χ4v) is 5.56. The third kappa shape index (κ3) is 5.14. The summed E-state index contributed by atoms with van der Waals surface area (Å²) in [4.78, 5) is 59.0. The molecule has 1 aromatic heterocycles. The summed E-state index contributed by atoms with van der Waals surface area (Å²) in [5.74, 6) is -0.924. The van der Waals surface area contributed by atoms with Gasteiger partial charge in [0, 0.05) is 25.7 Å². The summed E-state index contributed by atoms with van der Waals surface area (Å²) in [5, 5.41) is 4.99. The van der Waals surface area contributed by atoms with E-state index in [2.05, 4.69) is 15.6 Å². The molecular formula is C29H31N5O5. The van der Waals surface area contributed by atoms with Gasteiger partial charge in [-0.1, -0.05) is 42.5 Å². The van der Waals surface area contributed by atoms with Gasteiger partial charge in [-0.15, -0.1) is 0 Å². The van der Waals surface area contributed by atoms with Gasteiger partial charge >= 0.3 is 12.1 Å². The van der Waals surface area contributed by atoms with Crippen LogP contribution in [0.5, 0.6) is 0 Å². The number of ether oxygens (including phenoxy) is 1. The van der Waals surface area contributed by atoms with Gasteiger partial charge in [-0.25, -0.2) is 9.59 Å². The predicted molar refractivity (Wildman–Crippen MR) is 142 cm³/mol. The van der Waals surface area contributed by atoms with Crippen molar-refractivity contribution in [1.82, 2.24) is 25.4 Å². The van der Waals surface area contributed by atoms with Crippen molar-refractivity contribution >= 4 is 23.8 Å². The summed E-state index contributed by atoms with van der Waals surface area (Å²) in [7, 11) is 1.47. The van der Waals surface area contributed by atoms with Crippen LogP contribution in [-0.4, -0.2) is 64.3 Å². The van der Waals surface area contributed by atoms with Crippen LogP contribution in [0.1, 0.15) is 37.1 Å². The standard InChI is InChI=1S/C29H31N5O5/c1-19(23-10-6-7-15-31-23)34(16-20-8-4-3-5-9-20)25(35)17-33-18-29(39-28(33)38)14-13-21-22(29)11-12-24(26(21)36)32-27(37)30-2/h3-12,15,19,21H,13-14,16-18H2,1-2H3,(H2,30,32,37)/t19?,21?,29-/m0/s1. The lowest BCUT2D eigenvalue weighted by molar-refractivity contribution is -0.134. The van der Waals surface area contributed by atoms with Crippen LogP contribution >= 0.6 is 0 Å². The number of rotatable bonds is 7. The van der Waals surface area contributed by atoms with E-state index in [0.717, 1.165) is 11.3 Å². The van der Waals surface area contributed by atoms with E-state index in [-0.39, 0.29) is 36.5 Å². The maximum atomic E-state index is 13.7. The number of Topliss-reactive ketones (excluding diaryl/α,β-unsaturated/α-hetero) is 1. The lowest BCUT2D eigenvalue weighted by Crippen LogP contribution is -2.43. The number of pyridine rings is 1. The highest BCUT2D eigenvalue weighted by molar-refractivity contribution is 6.03. The molecule has 1 aliphatic heterocycles. The molecule has 202 valence electrons. The molecule has 3 aliphatic rings. The minimum atomic E-state index is -0.969. The molecule has 2 N–H and O–H groups in total. The van der Waals surface area contributed by atoms with Crippen LogP contribution in [0, 0.1) is 5.92 Å². The number of carbonyl (C=O) groups excluding carboxylic acids is 4. The Balaban J connectivity index is 1.34. The van der Waals surface area contributed by atoms with Gasteiger partial charge in [0.2, 0.25) is 5.91 Å². The average molecular weight is 530 g/mol. The Hall–Kier alpha value is -4.47. The van der Waals surface area contributed by atoms with Gasteiger partial charge in [0.25, 0.3) is 0 Å². The molecule has 0 bridgehead atoms. The fourth-order valence-electron chi connectivity index (χ4n) is 5.56. The van der Waals surface area contributed by atoms with Crippen LogP contribution in [-0.2, 0) is 20.9 Å². The Morgan fingerprint density at radius 3 is 2.64 bits per heavy atom. The quantitative estimate of drug-likeness (QED) is 0.569. The predicted octanol–water partition coefficient (Wildman–Crippen LogP) is 3.09. The Bertz CT molecular complexity index is 1340. The summed E-state index contributed by atoms with van der Waals surface area (Å²) in [6.07, 6.45) is 5.37. The number of nitrogens with one attached hydrogen (secondary N) is 2. The molecule has 2 aliphatic carbocycles. The summed E-state index contributed by atoms with van der Waals surface area (Å²) < 4.78 is 5.88. The van der Waals surface area contributed by atoms with Gasteiger partial charge in [-0.3, -0.25) is 19.5 Å². The Kier molecular flexibility index (Phi) is 7.19. The van der Waals surface area contributed by atoms with Gasteiger partial charge in [0.05, 0.1) is 24.0 Å². The molecule has 1 spiro atoms. The minimum Gasteiger partial charge on any atom is -0.436 e.